The van der Waals surface area contributed by atoms with Crippen molar-refractivity contribution < 1.29 is 0 Å². The van der Waals surface area contributed by atoms with Crippen molar-refractivity contribution in [2.45, 2.75) is 39.7 Å². The van der Waals surface area contributed by atoms with Gasteiger partial charge in [0.25, 0.3) is 0 Å². The number of nitrogen functional groups attached to an aromatic ring is 1. The van der Waals surface area contributed by atoms with Gasteiger partial charge in [0.2, 0.25) is 0 Å². The Kier molecular flexibility index (Phi) is 4.45. The summed E-state index contributed by atoms with van der Waals surface area (Å²) in [6.45, 7) is 12.9. The van der Waals surface area contributed by atoms with Crippen LogP contribution >= 0.6 is 0 Å². The van der Waals surface area contributed by atoms with E-state index in [1.54, 1.807) is 0 Å². The van der Waals surface area contributed by atoms with Crippen molar-refractivity contribution in [2.24, 2.45) is 5.84 Å². The molecule has 2 heterocycles. The highest BCUT2D eigenvalue weighted by Gasteiger charge is 2.26. The van der Waals surface area contributed by atoms with Crippen LogP contribution in [0, 0.1) is 0 Å². The number of anilines is 2. The van der Waals surface area contributed by atoms with Crippen LogP contribution in [0.1, 0.15) is 33.5 Å². The van der Waals surface area contributed by atoms with Crippen LogP contribution in [0.5, 0.6) is 0 Å². The molecule has 0 amide bonds. The molecular formula is C14H26N6. The van der Waals surface area contributed by atoms with Gasteiger partial charge in [-0.25, -0.2) is 15.8 Å². The molecule has 0 aromatic carbocycles. The zero-order valence-electron chi connectivity index (χ0n) is 13.0. The molecule has 0 saturated carbocycles. The number of nitrogens with zero attached hydrogens (tertiary/aromatic N) is 4. The standard InChI is InChI=1S/C14H26N6/c1-5-11-16-12(18-15)10-13(17-11)19-6-8-20(9-7-19)14(2,3)4/h10H,5-9,15H2,1-4H3,(H,16,17,18). The second-order valence-corrected chi connectivity index (χ2v) is 6.17. The van der Waals surface area contributed by atoms with Crippen molar-refractivity contribution >= 4 is 11.6 Å². The van der Waals surface area contributed by atoms with E-state index in [1.165, 1.54) is 0 Å². The van der Waals surface area contributed by atoms with Gasteiger partial charge in [0.05, 0.1) is 0 Å². The molecule has 2 rings (SSSR count). The summed E-state index contributed by atoms with van der Waals surface area (Å²) < 4.78 is 0. The topological polar surface area (TPSA) is 70.3 Å². The second-order valence-electron chi connectivity index (χ2n) is 6.17. The van der Waals surface area contributed by atoms with Crippen molar-refractivity contribution in [3.8, 4) is 0 Å². The Bertz CT molecular complexity index is 423. The second kappa shape index (κ2) is 5.93. The largest absolute Gasteiger partial charge is 0.354 e. The van der Waals surface area contributed by atoms with Crippen LogP contribution in [0.3, 0.4) is 0 Å². The molecule has 1 saturated heterocycles. The van der Waals surface area contributed by atoms with Crippen molar-refractivity contribution in [1.82, 2.24) is 14.9 Å². The molecule has 1 aliphatic rings. The predicted octanol–water partition coefficient (Wildman–Crippen LogP) is 1.25. The van der Waals surface area contributed by atoms with Crippen molar-refractivity contribution in [2.75, 3.05) is 36.5 Å². The van der Waals surface area contributed by atoms with Crippen molar-refractivity contribution in [1.29, 1.82) is 0 Å². The molecule has 0 bridgehead atoms. The Morgan fingerprint density at radius 1 is 1.20 bits per heavy atom. The maximum absolute atomic E-state index is 5.48. The quantitative estimate of drug-likeness (QED) is 0.640. The molecule has 0 aliphatic carbocycles. The third-order valence-corrected chi connectivity index (χ3v) is 3.78. The van der Waals surface area contributed by atoms with E-state index in [9.17, 15) is 0 Å². The van der Waals surface area contributed by atoms with E-state index in [0.29, 0.717) is 5.82 Å². The van der Waals surface area contributed by atoms with E-state index < -0.39 is 0 Å². The molecule has 112 valence electrons. The van der Waals surface area contributed by atoms with Crippen LogP contribution in [0.15, 0.2) is 6.07 Å². The number of rotatable bonds is 3. The molecule has 0 radical (unpaired) electrons. The van der Waals surface area contributed by atoms with E-state index in [4.69, 9.17) is 5.84 Å². The maximum atomic E-state index is 5.48. The van der Waals surface area contributed by atoms with E-state index in [-0.39, 0.29) is 5.54 Å². The van der Waals surface area contributed by atoms with Crippen molar-refractivity contribution in [3.63, 3.8) is 0 Å². The summed E-state index contributed by atoms with van der Waals surface area (Å²) in [5.41, 5.74) is 2.86. The Morgan fingerprint density at radius 2 is 1.85 bits per heavy atom. The number of hydrazine groups is 1. The average molecular weight is 278 g/mol. The molecule has 0 unspecified atom stereocenters. The van der Waals surface area contributed by atoms with Gasteiger partial charge in [-0.3, -0.25) is 4.90 Å². The van der Waals surface area contributed by atoms with E-state index in [1.807, 2.05) is 6.07 Å². The molecule has 1 fully saturated rings. The summed E-state index contributed by atoms with van der Waals surface area (Å²) in [6.07, 6.45) is 0.810. The number of nitrogens with two attached hydrogens (primary N) is 1. The molecule has 1 aromatic heterocycles. The van der Waals surface area contributed by atoms with Gasteiger partial charge >= 0.3 is 0 Å². The number of aromatic nitrogens is 2. The molecule has 6 heteroatoms. The maximum Gasteiger partial charge on any atom is 0.145 e. The summed E-state index contributed by atoms with van der Waals surface area (Å²) in [5, 5.41) is 0. The van der Waals surface area contributed by atoms with Crippen molar-refractivity contribution in [3.05, 3.63) is 11.9 Å². The first-order valence-corrected chi connectivity index (χ1v) is 7.28. The smallest absolute Gasteiger partial charge is 0.145 e. The predicted molar refractivity (Wildman–Crippen MR) is 82.8 cm³/mol. The molecule has 0 spiro atoms. The summed E-state index contributed by atoms with van der Waals surface area (Å²) in [5.74, 6) is 7.97. The van der Waals surface area contributed by atoms with Crippen LogP contribution < -0.4 is 16.2 Å². The molecule has 3 N–H and O–H groups in total. The summed E-state index contributed by atoms with van der Waals surface area (Å²) in [6, 6.07) is 1.92. The first-order chi connectivity index (χ1) is 9.44. The van der Waals surface area contributed by atoms with Gasteiger partial charge < -0.3 is 10.3 Å². The number of hydrogen-bond acceptors (Lipinski definition) is 6. The minimum absolute atomic E-state index is 0.232. The number of nitrogens with one attached hydrogen (secondary N) is 1. The highest BCUT2D eigenvalue weighted by atomic mass is 15.3. The van der Waals surface area contributed by atoms with Gasteiger partial charge in [0.1, 0.15) is 17.5 Å². The highest BCUT2D eigenvalue weighted by Crippen LogP contribution is 2.21. The molecule has 6 nitrogen and oxygen atoms in total. The fourth-order valence-electron chi connectivity index (χ4n) is 2.48. The summed E-state index contributed by atoms with van der Waals surface area (Å²) in [4.78, 5) is 13.8. The van der Waals surface area contributed by atoms with Gasteiger partial charge in [-0.2, -0.15) is 0 Å². The summed E-state index contributed by atoms with van der Waals surface area (Å²) in [7, 11) is 0. The van der Waals surface area contributed by atoms with Crippen LogP contribution in [0.2, 0.25) is 0 Å². The number of piperazine rings is 1. The SMILES string of the molecule is CCc1nc(NN)cc(N2CCN(C(C)(C)C)CC2)n1. The fraction of sp³-hybridized carbons (Fsp3) is 0.714. The lowest BCUT2D eigenvalue weighted by Crippen LogP contribution is -2.53. The molecule has 0 atom stereocenters. The highest BCUT2D eigenvalue weighted by molar-refractivity contribution is 5.49. The normalized spacial score (nSPS) is 17.4. The lowest BCUT2D eigenvalue weighted by molar-refractivity contribution is 0.128. The Hall–Kier alpha value is -1.40. The van der Waals surface area contributed by atoms with Gasteiger partial charge in [-0.05, 0) is 20.8 Å². The Balaban J connectivity index is 2.10. The van der Waals surface area contributed by atoms with Crippen LogP contribution in [-0.2, 0) is 6.42 Å². The Labute approximate surface area is 121 Å². The number of hydrogen-bond donors (Lipinski definition) is 2. The first-order valence-electron chi connectivity index (χ1n) is 7.28. The minimum Gasteiger partial charge on any atom is -0.354 e. The first kappa shape index (κ1) is 15.0. The van der Waals surface area contributed by atoms with E-state index in [2.05, 4.69) is 52.9 Å². The zero-order chi connectivity index (χ0) is 14.8. The molecule has 20 heavy (non-hydrogen) atoms. The minimum atomic E-state index is 0.232. The van der Waals surface area contributed by atoms with Crippen LogP contribution in [0.4, 0.5) is 11.6 Å². The van der Waals surface area contributed by atoms with E-state index in [0.717, 1.165) is 44.2 Å². The zero-order valence-corrected chi connectivity index (χ0v) is 13.0. The fourth-order valence-corrected chi connectivity index (χ4v) is 2.48. The summed E-state index contributed by atoms with van der Waals surface area (Å²) >= 11 is 0. The lowest BCUT2D eigenvalue weighted by Gasteiger charge is -2.42. The average Bonchev–Trinajstić information content (AvgIpc) is 2.46. The lowest BCUT2D eigenvalue weighted by atomic mass is 10.1. The molecule has 1 aliphatic heterocycles. The molecular weight excluding hydrogens is 252 g/mol. The monoisotopic (exact) mass is 278 g/mol. The van der Waals surface area contributed by atoms with Gasteiger partial charge in [-0.1, -0.05) is 6.92 Å². The van der Waals surface area contributed by atoms with Gasteiger partial charge in [0.15, 0.2) is 0 Å². The Morgan fingerprint density at radius 3 is 2.35 bits per heavy atom. The van der Waals surface area contributed by atoms with Gasteiger partial charge in [-0.15, -0.1) is 0 Å². The molecule has 1 aromatic rings. The third-order valence-electron chi connectivity index (χ3n) is 3.78. The number of aryl methyl sites for hydroxylation is 1. The third kappa shape index (κ3) is 3.37. The van der Waals surface area contributed by atoms with Crippen LogP contribution in [0.25, 0.3) is 0 Å². The van der Waals surface area contributed by atoms with Crippen LogP contribution in [-0.4, -0.2) is 46.6 Å². The van der Waals surface area contributed by atoms with Gasteiger partial charge in [0, 0.05) is 44.2 Å². The van der Waals surface area contributed by atoms with E-state index >= 15 is 0 Å².